The number of pyridine rings is 1. The molecule has 0 aliphatic carbocycles. The molecule has 0 radical (unpaired) electrons. The van der Waals surface area contributed by atoms with Crippen LogP contribution >= 0.6 is 11.6 Å². The quantitative estimate of drug-likeness (QED) is 0.762. The van der Waals surface area contributed by atoms with E-state index >= 15 is 0 Å². The highest BCUT2D eigenvalue weighted by molar-refractivity contribution is 6.32. The van der Waals surface area contributed by atoms with Gasteiger partial charge in [0, 0.05) is 5.56 Å². The van der Waals surface area contributed by atoms with Crippen LogP contribution in [0.5, 0.6) is 11.5 Å². The Balaban J connectivity index is 1.83. The molecule has 4 nitrogen and oxygen atoms in total. The number of rotatable bonds is 4. The molecule has 0 spiro atoms. The third-order valence-electron chi connectivity index (χ3n) is 3.27. The summed E-state index contributed by atoms with van der Waals surface area (Å²) in [6.45, 7) is 0. The SMILES string of the molecule is NC(=O)c1cccc(-c2ccc(Oc3ccc(F)cc3Cl)cc2)n1. The first-order valence-corrected chi connectivity index (χ1v) is 7.41. The number of hydrogen-bond acceptors (Lipinski definition) is 3. The normalized spacial score (nSPS) is 10.4. The van der Waals surface area contributed by atoms with E-state index in [-0.39, 0.29) is 10.7 Å². The minimum absolute atomic E-state index is 0.190. The molecular weight excluding hydrogens is 331 g/mol. The van der Waals surface area contributed by atoms with Gasteiger partial charge >= 0.3 is 0 Å². The molecule has 3 aromatic rings. The number of nitrogens with zero attached hydrogens (tertiary/aromatic N) is 1. The number of carbonyl (C=O) groups is 1. The standard InChI is InChI=1S/C18H12ClFN2O2/c19-14-10-12(20)6-9-17(14)24-13-7-4-11(5-8-13)15-2-1-3-16(22-15)18(21)23/h1-10H,(H2,21,23). The number of carbonyl (C=O) groups excluding carboxylic acids is 1. The topological polar surface area (TPSA) is 65.2 Å². The first-order chi connectivity index (χ1) is 11.5. The van der Waals surface area contributed by atoms with Gasteiger partial charge < -0.3 is 10.5 Å². The highest BCUT2D eigenvalue weighted by atomic mass is 35.5. The largest absolute Gasteiger partial charge is 0.456 e. The van der Waals surface area contributed by atoms with Gasteiger partial charge in [-0.2, -0.15) is 0 Å². The Morgan fingerprint density at radius 1 is 1.08 bits per heavy atom. The first kappa shape index (κ1) is 16.0. The number of aromatic nitrogens is 1. The molecule has 120 valence electrons. The van der Waals surface area contributed by atoms with Gasteiger partial charge in [0.25, 0.3) is 5.91 Å². The van der Waals surface area contributed by atoms with Crippen LogP contribution in [-0.4, -0.2) is 10.9 Å². The average molecular weight is 343 g/mol. The third kappa shape index (κ3) is 3.52. The van der Waals surface area contributed by atoms with E-state index in [0.29, 0.717) is 17.2 Å². The third-order valence-corrected chi connectivity index (χ3v) is 3.57. The van der Waals surface area contributed by atoms with Crippen molar-refractivity contribution in [1.82, 2.24) is 4.98 Å². The second-order valence-corrected chi connectivity index (χ2v) is 5.38. The lowest BCUT2D eigenvalue weighted by molar-refractivity contribution is 0.0995. The number of halogens is 2. The maximum Gasteiger partial charge on any atom is 0.267 e. The van der Waals surface area contributed by atoms with E-state index in [2.05, 4.69) is 4.98 Å². The molecule has 0 bridgehead atoms. The minimum Gasteiger partial charge on any atom is -0.456 e. The maximum absolute atomic E-state index is 13.0. The second kappa shape index (κ2) is 6.68. The summed E-state index contributed by atoms with van der Waals surface area (Å²) in [7, 11) is 0. The van der Waals surface area contributed by atoms with Crippen LogP contribution in [0, 0.1) is 5.82 Å². The fourth-order valence-electron chi connectivity index (χ4n) is 2.11. The monoisotopic (exact) mass is 342 g/mol. The molecule has 0 aliphatic heterocycles. The van der Waals surface area contributed by atoms with E-state index in [1.807, 2.05) is 0 Å². The Morgan fingerprint density at radius 3 is 2.50 bits per heavy atom. The fourth-order valence-corrected chi connectivity index (χ4v) is 2.32. The predicted octanol–water partition coefficient (Wildman–Crippen LogP) is 4.43. The van der Waals surface area contributed by atoms with Crippen LogP contribution < -0.4 is 10.5 Å². The van der Waals surface area contributed by atoms with Gasteiger partial charge in [-0.3, -0.25) is 4.79 Å². The van der Waals surface area contributed by atoms with Crippen LogP contribution in [0.1, 0.15) is 10.5 Å². The number of benzene rings is 2. The molecule has 6 heteroatoms. The van der Waals surface area contributed by atoms with Crippen LogP contribution in [-0.2, 0) is 0 Å². The van der Waals surface area contributed by atoms with E-state index in [1.54, 1.807) is 42.5 Å². The lowest BCUT2D eigenvalue weighted by Gasteiger charge is -2.08. The lowest BCUT2D eigenvalue weighted by Crippen LogP contribution is -2.12. The number of hydrogen-bond donors (Lipinski definition) is 1. The molecule has 0 atom stereocenters. The highest BCUT2D eigenvalue weighted by Crippen LogP contribution is 2.30. The Bertz CT molecular complexity index is 898. The van der Waals surface area contributed by atoms with Gasteiger partial charge in [0.1, 0.15) is 23.0 Å². The van der Waals surface area contributed by atoms with Gasteiger partial charge in [0.05, 0.1) is 10.7 Å². The summed E-state index contributed by atoms with van der Waals surface area (Å²) in [6.07, 6.45) is 0. The van der Waals surface area contributed by atoms with Crippen LogP contribution in [0.2, 0.25) is 5.02 Å². The van der Waals surface area contributed by atoms with Crippen molar-refractivity contribution in [3.63, 3.8) is 0 Å². The number of amides is 1. The first-order valence-electron chi connectivity index (χ1n) is 7.03. The number of nitrogens with two attached hydrogens (primary N) is 1. The summed E-state index contributed by atoms with van der Waals surface area (Å²) in [5.41, 5.74) is 6.86. The summed E-state index contributed by atoms with van der Waals surface area (Å²) in [5, 5.41) is 0.190. The molecule has 0 fully saturated rings. The molecule has 1 amide bonds. The maximum atomic E-state index is 13.0. The van der Waals surface area contributed by atoms with Gasteiger partial charge in [-0.25, -0.2) is 9.37 Å². The summed E-state index contributed by atoms with van der Waals surface area (Å²) in [5.74, 6) is -0.108. The predicted molar refractivity (Wildman–Crippen MR) is 89.7 cm³/mol. The van der Waals surface area contributed by atoms with Gasteiger partial charge in [-0.15, -0.1) is 0 Å². The van der Waals surface area contributed by atoms with E-state index in [1.165, 1.54) is 18.2 Å². The van der Waals surface area contributed by atoms with Crippen molar-refractivity contribution in [2.75, 3.05) is 0 Å². The Hall–Kier alpha value is -2.92. The molecule has 0 aliphatic rings. The van der Waals surface area contributed by atoms with Crippen molar-refractivity contribution >= 4 is 17.5 Å². The van der Waals surface area contributed by atoms with Crippen molar-refractivity contribution in [2.45, 2.75) is 0 Å². The van der Waals surface area contributed by atoms with Gasteiger partial charge in [0.15, 0.2) is 0 Å². The van der Waals surface area contributed by atoms with E-state index in [9.17, 15) is 9.18 Å². The summed E-state index contributed by atoms with van der Waals surface area (Å²) < 4.78 is 18.7. The Morgan fingerprint density at radius 2 is 1.83 bits per heavy atom. The van der Waals surface area contributed by atoms with Crippen molar-refractivity contribution in [1.29, 1.82) is 0 Å². The highest BCUT2D eigenvalue weighted by Gasteiger charge is 2.07. The fraction of sp³-hybridized carbons (Fsp3) is 0. The van der Waals surface area contributed by atoms with Gasteiger partial charge in [-0.1, -0.05) is 17.7 Å². The molecule has 2 aromatic carbocycles. The zero-order chi connectivity index (χ0) is 17.1. The zero-order valence-corrected chi connectivity index (χ0v) is 13.1. The van der Waals surface area contributed by atoms with E-state index in [4.69, 9.17) is 22.1 Å². The Labute approximate surface area is 142 Å². The molecule has 0 unspecified atom stereocenters. The number of ether oxygens (including phenoxy) is 1. The van der Waals surface area contributed by atoms with Crippen molar-refractivity contribution in [3.8, 4) is 22.8 Å². The molecule has 0 saturated carbocycles. The second-order valence-electron chi connectivity index (χ2n) is 4.97. The van der Waals surface area contributed by atoms with Crippen molar-refractivity contribution in [2.24, 2.45) is 5.73 Å². The van der Waals surface area contributed by atoms with Crippen molar-refractivity contribution < 1.29 is 13.9 Å². The molecule has 24 heavy (non-hydrogen) atoms. The zero-order valence-electron chi connectivity index (χ0n) is 12.4. The summed E-state index contributed by atoms with van der Waals surface area (Å²) >= 11 is 5.93. The minimum atomic E-state index is -0.581. The van der Waals surface area contributed by atoms with Gasteiger partial charge in [-0.05, 0) is 54.6 Å². The lowest BCUT2D eigenvalue weighted by atomic mass is 10.1. The van der Waals surface area contributed by atoms with Crippen LogP contribution in [0.3, 0.4) is 0 Å². The molecule has 0 saturated heterocycles. The van der Waals surface area contributed by atoms with Crippen LogP contribution in [0.15, 0.2) is 60.7 Å². The average Bonchev–Trinajstić information content (AvgIpc) is 2.58. The molecule has 2 N–H and O–H groups in total. The van der Waals surface area contributed by atoms with E-state index < -0.39 is 11.7 Å². The number of primary amides is 1. The summed E-state index contributed by atoms with van der Waals surface area (Å²) in [6, 6.07) is 16.0. The molecule has 1 aromatic heterocycles. The van der Waals surface area contributed by atoms with Crippen LogP contribution in [0.25, 0.3) is 11.3 Å². The van der Waals surface area contributed by atoms with E-state index in [0.717, 1.165) is 5.56 Å². The van der Waals surface area contributed by atoms with Crippen LogP contribution in [0.4, 0.5) is 4.39 Å². The summed E-state index contributed by atoms with van der Waals surface area (Å²) in [4.78, 5) is 15.4. The molecule has 1 heterocycles. The van der Waals surface area contributed by atoms with Crippen molar-refractivity contribution in [3.05, 3.63) is 77.2 Å². The smallest absolute Gasteiger partial charge is 0.267 e. The molecule has 3 rings (SSSR count). The van der Waals surface area contributed by atoms with Gasteiger partial charge in [0.2, 0.25) is 0 Å². The molecular formula is C18H12ClFN2O2. The Kier molecular flexibility index (Phi) is 4.44.